The van der Waals surface area contributed by atoms with Crippen molar-refractivity contribution in [1.82, 2.24) is 0 Å². The molecule has 0 fully saturated rings. The van der Waals surface area contributed by atoms with Crippen LogP contribution in [0, 0.1) is 0 Å². The van der Waals surface area contributed by atoms with Gasteiger partial charge in [0.2, 0.25) is 0 Å². The van der Waals surface area contributed by atoms with Gasteiger partial charge in [-0.25, -0.2) is 0 Å². The average molecular weight is 328 g/mol. The van der Waals surface area contributed by atoms with Crippen molar-refractivity contribution in [3.63, 3.8) is 0 Å². The molecule has 3 aromatic rings. The van der Waals surface area contributed by atoms with Crippen molar-refractivity contribution in [2.75, 3.05) is 7.11 Å². The first-order valence-corrected chi connectivity index (χ1v) is 8.10. The van der Waals surface area contributed by atoms with Crippen molar-refractivity contribution >= 4 is 5.57 Å². The van der Waals surface area contributed by atoms with E-state index in [1.807, 2.05) is 72.8 Å². The second-order valence-electron chi connectivity index (χ2n) is 5.48. The first-order valence-electron chi connectivity index (χ1n) is 8.10. The predicted octanol–water partition coefficient (Wildman–Crippen LogP) is 6.11. The topological polar surface area (TPSA) is 18.5 Å². The summed E-state index contributed by atoms with van der Waals surface area (Å²) in [5.41, 5.74) is 3.31. The monoisotopic (exact) mass is 328 g/mol. The molecule has 0 unspecified atom stereocenters. The third kappa shape index (κ3) is 4.18. The first-order chi connectivity index (χ1) is 12.3. The summed E-state index contributed by atoms with van der Waals surface area (Å²) in [6, 6.07) is 25.8. The number of benzene rings is 3. The molecule has 0 aliphatic carbocycles. The average Bonchev–Trinajstić information content (AvgIpc) is 2.68. The Morgan fingerprint density at radius 3 is 1.76 bits per heavy atom. The van der Waals surface area contributed by atoms with E-state index >= 15 is 0 Å². The van der Waals surface area contributed by atoms with E-state index in [-0.39, 0.29) is 0 Å². The van der Waals surface area contributed by atoms with Gasteiger partial charge in [-0.2, -0.15) is 0 Å². The van der Waals surface area contributed by atoms with E-state index in [9.17, 15) is 0 Å². The highest BCUT2D eigenvalue weighted by molar-refractivity contribution is 5.81. The van der Waals surface area contributed by atoms with Crippen LogP contribution in [0.25, 0.3) is 5.57 Å². The number of ether oxygens (including phenoxy) is 2. The van der Waals surface area contributed by atoms with Crippen molar-refractivity contribution in [1.29, 1.82) is 0 Å². The normalized spacial score (nSPS) is 11.0. The van der Waals surface area contributed by atoms with Gasteiger partial charge < -0.3 is 9.47 Å². The highest BCUT2D eigenvalue weighted by Crippen LogP contribution is 2.28. The second-order valence-corrected chi connectivity index (χ2v) is 5.48. The molecule has 3 aromatic carbocycles. The lowest BCUT2D eigenvalue weighted by Gasteiger charge is -2.11. The Balaban J connectivity index is 1.84. The van der Waals surface area contributed by atoms with Crippen LogP contribution in [0.2, 0.25) is 0 Å². The Bertz CT molecular complexity index is 845. The van der Waals surface area contributed by atoms with Gasteiger partial charge in [0.25, 0.3) is 0 Å². The summed E-state index contributed by atoms with van der Waals surface area (Å²) in [4.78, 5) is 0. The standard InChI is InChI=1S/C23H20O2/c1-3-7-23(18-10-14-20(24-2)15-11-18)19-12-16-22(17-13-19)25-21-8-5-4-6-9-21/h3-17H,1H2,2H3. The molecule has 0 atom stereocenters. The minimum Gasteiger partial charge on any atom is -0.497 e. The Morgan fingerprint density at radius 1 is 0.720 bits per heavy atom. The fourth-order valence-corrected chi connectivity index (χ4v) is 2.57. The molecule has 0 aromatic heterocycles. The van der Waals surface area contributed by atoms with Gasteiger partial charge in [0.1, 0.15) is 17.2 Å². The maximum Gasteiger partial charge on any atom is 0.127 e. The highest BCUT2D eigenvalue weighted by atomic mass is 16.5. The lowest BCUT2D eigenvalue weighted by molar-refractivity contribution is 0.415. The zero-order chi connectivity index (χ0) is 17.5. The molecule has 25 heavy (non-hydrogen) atoms. The Hall–Kier alpha value is -3.26. The van der Waals surface area contributed by atoms with Gasteiger partial charge in [0.05, 0.1) is 7.11 Å². The van der Waals surface area contributed by atoms with Crippen LogP contribution >= 0.6 is 0 Å². The molecule has 0 saturated heterocycles. The van der Waals surface area contributed by atoms with E-state index < -0.39 is 0 Å². The van der Waals surface area contributed by atoms with Crippen LogP contribution in [0.5, 0.6) is 17.2 Å². The molecule has 0 aliphatic heterocycles. The van der Waals surface area contributed by atoms with Gasteiger partial charge in [-0.15, -0.1) is 0 Å². The van der Waals surface area contributed by atoms with Crippen LogP contribution in [-0.4, -0.2) is 7.11 Å². The van der Waals surface area contributed by atoms with Gasteiger partial charge in [-0.1, -0.05) is 61.2 Å². The maximum absolute atomic E-state index is 5.85. The van der Waals surface area contributed by atoms with Crippen LogP contribution < -0.4 is 9.47 Å². The Kier molecular flexibility index (Phi) is 5.32. The summed E-state index contributed by atoms with van der Waals surface area (Å²) in [5.74, 6) is 2.48. The van der Waals surface area contributed by atoms with Crippen molar-refractivity contribution in [3.8, 4) is 17.2 Å². The molecule has 0 saturated carbocycles. The van der Waals surface area contributed by atoms with Gasteiger partial charge in [-0.3, -0.25) is 0 Å². The van der Waals surface area contributed by atoms with Crippen LogP contribution in [-0.2, 0) is 0 Å². The number of para-hydroxylation sites is 1. The number of methoxy groups -OCH3 is 1. The zero-order valence-electron chi connectivity index (χ0n) is 14.2. The van der Waals surface area contributed by atoms with Crippen LogP contribution in [0.4, 0.5) is 0 Å². The van der Waals surface area contributed by atoms with Gasteiger partial charge in [0.15, 0.2) is 0 Å². The van der Waals surface area contributed by atoms with Gasteiger partial charge >= 0.3 is 0 Å². The zero-order valence-corrected chi connectivity index (χ0v) is 14.2. The van der Waals surface area contributed by atoms with Crippen molar-refractivity contribution in [2.45, 2.75) is 0 Å². The summed E-state index contributed by atoms with van der Waals surface area (Å²) < 4.78 is 11.1. The molecular formula is C23H20O2. The minimum atomic E-state index is 0.808. The molecule has 3 rings (SSSR count). The van der Waals surface area contributed by atoms with Crippen LogP contribution in [0.3, 0.4) is 0 Å². The van der Waals surface area contributed by atoms with E-state index in [1.165, 1.54) is 0 Å². The Labute approximate surface area is 148 Å². The number of hydrogen-bond donors (Lipinski definition) is 0. The molecule has 0 bridgehead atoms. The minimum absolute atomic E-state index is 0.808. The third-order valence-corrected chi connectivity index (χ3v) is 3.83. The fraction of sp³-hybridized carbons (Fsp3) is 0.0435. The molecule has 2 nitrogen and oxygen atoms in total. The predicted molar refractivity (Wildman–Crippen MR) is 103 cm³/mol. The Morgan fingerprint density at radius 2 is 1.24 bits per heavy atom. The van der Waals surface area contributed by atoms with Crippen LogP contribution in [0.1, 0.15) is 11.1 Å². The number of allylic oxidation sites excluding steroid dienone is 2. The van der Waals surface area contributed by atoms with Crippen molar-refractivity contribution < 1.29 is 9.47 Å². The smallest absolute Gasteiger partial charge is 0.127 e. The lowest BCUT2D eigenvalue weighted by atomic mass is 9.97. The first kappa shape index (κ1) is 16.6. The summed E-state index contributed by atoms with van der Waals surface area (Å²) in [6.07, 6.45) is 3.81. The molecule has 2 heteroatoms. The van der Waals surface area contributed by atoms with E-state index in [2.05, 4.69) is 18.7 Å². The third-order valence-electron chi connectivity index (χ3n) is 3.83. The number of hydrogen-bond acceptors (Lipinski definition) is 2. The molecule has 124 valence electrons. The summed E-state index contributed by atoms with van der Waals surface area (Å²) >= 11 is 0. The molecule has 0 aliphatic rings. The summed E-state index contributed by atoms with van der Waals surface area (Å²) in [6.45, 7) is 3.83. The molecule has 0 N–H and O–H groups in total. The second kappa shape index (κ2) is 8.02. The molecule has 0 radical (unpaired) electrons. The summed E-state index contributed by atoms with van der Waals surface area (Å²) in [5, 5.41) is 0. The van der Waals surface area contributed by atoms with E-state index in [1.54, 1.807) is 13.2 Å². The van der Waals surface area contributed by atoms with E-state index in [0.29, 0.717) is 0 Å². The quantitative estimate of drug-likeness (QED) is 0.509. The van der Waals surface area contributed by atoms with Gasteiger partial charge in [-0.05, 0) is 53.1 Å². The lowest BCUT2D eigenvalue weighted by Crippen LogP contribution is -1.90. The maximum atomic E-state index is 5.85. The highest BCUT2D eigenvalue weighted by Gasteiger charge is 2.06. The van der Waals surface area contributed by atoms with E-state index in [0.717, 1.165) is 33.9 Å². The van der Waals surface area contributed by atoms with Gasteiger partial charge in [0, 0.05) is 0 Å². The van der Waals surface area contributed by atoms with Crippen LogP contribution in [0.15, 0.2) is 97.6 Å². The fourth-order valence-electron chi connectivity index (χ4n) is 2.57. The summed E-state index contributed by atoms with van der Waals surface area (Å²) in [7, 11) is 1.67. The largest absolute Gasteiger partial charge is 0.497 e. The molecule has 0 spiro atoms. The molecule has 0 amide bonds. The number of rotatable bonds is 6. The molecule has 0 heterocycles. The SMILES string of the molecule is C=CC=C(c1ccc(OC)cc1)c1ccc(Oc2ccccc2)cc1. The van der Waals surface area contributed by atoms with E-state index in [4.69, 9.17) is 9.47 Å². The van der Waals surface area contributed by atoms with Crippen molar-refractivity contribution in [2.24, 2.45) is 0 Å². The molecular weight excluding hydrogens is 308 g/mol. The van der Waals surface area contributed by atoms with Crippen molar-refractivity contribution in [3.05, 3.63) is 109 Å².